The molecule has 114 valence electrons. The number of phenols is 1. The second-order valence-corrected chi connectivity index (χ2v) is 5.14. The molecule has 0 aliphatic rings. The molecule has 0 fully saturated rings. The largest absolute Gasteiger partial charge is 0.507 e. The van der Waals surface area contributed by atoms with E-state index in [1.165, 1.54) is 0 Å². The molecule has 0 unspecified atom stereocenters. The van der Waals surface area contributed by atoms with Crippen LogP contribution in [0.4, 0.5) is 4.39 Å². The lowest BCUT2D eigenvalue weighted by atomic mass is 9.97. The van der Waals surface area contributed by atoms with Gasteiger partial charge in [0.25, 0.3) is 0 Å². The van der Waals surface area contributed by atoms with Gasteiger partial charge in [0, 0.05) is 5.56 Å². The zero-order valence-corrected chi connectivity index (χ0v) is 12.6. The standard InChI is InChI=1S/C14H19FN4O2/c1-8-9(2)12(11(4)13(20)10(8)3)19-14(21)18(16-17-19)7-5-6-15/h20H,5-7H2,1-4H3. The average molecular weight is 294 g/mol. The first-order valence-corrected chi connectivity index (χ1v) is 6.78. The molecule has 2 rings (SSSR count). The first kappa shape index (κ1) is 15.2. The molecule has 21 heavy (non-hydrogen) atoms. The Hall–Kier alpha value is -2.18. The first-order chi connectivity index (χ1) is 9.90. The molecule has 7 heteroatoms. The van der Waals surface area contributed by atoms with Gasteiger partial charge in [0.05, 0.1) is 18.9 Å². The number of hydrogen-bond donors (Lipinski definition) is 1. The fraction of sp³-hybridized carbons (Fsp3) is 0.500. The lowest BCUT2D eigenvalue weighted by Crippen LogP contribution is -2.26. The minimum Gasteiger partial charge on any atom is -0.507 e. The quantitative estimate of drug-likeness (QED) is 0.932. The molecule has 1 aromatic heterocycles. The maximum atomic E-state index is 12.3. The lowest BCUT2D eigenvalue weighted by Gasteiger charge is -2.15. The van der Waals surface area contributed by atoms with Crippen molar-refractivity contribution in [1.82, 2.24) is 19.8 Å². The van der Waals surface area contributed by atoms with Gasteiger partial charge in [-0.05, 0) is 61.2 Å². The average Bonchev–Trinajstić information content (AvgIpc) is 2.82. The zero-order chi connectivity index (χ0) is 15.7. The highest BCUT2D eigenvalue weighted by molar-refractivity contribution is 5.60. The van der Waals surface area contributed by atoms with Crippen LogP contribution in [0.2, 0.25) is 0 Å². The van der Waals surface area contributed by atoms with Gasteiger partial charge in [-0.1, -0.05) is 0 Å². The molecule has 0 radical (unpaired) electrons. The van der Waals surface area contributed by atoms with Crippen molar-refractivity contribution in [3.05, 3.63) is 32.7 Å². The van der Waals surface area contributed by atoms with Crippen LogP contribution in [0.25, 0.3) is 5.69 Å². The van der Waals surface area contributed by atoms with Crippen molar-refractivity contribution in [3.63, 3.8) is 0 Å². The summed E-state index contributed by atoms with van der Waals surface area (Å²) < 4.78 is 14.5. The van der Waals surface area contributed by atoms with E-state index in [-0.39, 0.29) is 18.7 Å². The Labute approximate surface area is 121 Å². The van der Waals surface area contributed by atoms with Crippen LogP contribution in [0.3, 0.4) is 0 Å². The lowest BCUT2D eigenvalue weighted by molar-refractivity contribution is 0.427. The van der Waals surface area contributed by atoms with Crippen molar-refractivity contribution in [1.29, 1.82) is 0 Å². The van der Waals surface area contributed by atoms with E-state index in [0.717, 1.165) is 26.1 Å². The van der Waals surface area contributed by atoms with E-state index in [9.17, 15) is 14.3 Å². The minimum absolute atomic E-state index is 0.151. The topological polar surface area (TPSA) is 72.9 Å². The number of tetrazole rings is 1. The second-order valence-electron chi connectivity index (χ2n) is 5.14. The fourth-order valence-electron chi connectivity index (χ4n) is 2.39. The summed E-state index contributed by atoms with van der Waals surface area (Å²) in [4.78, 5) is 12.3. The van der Waals surface area contributed by atoms with E-state index in [1.54, 1.807) is 6.92 Å². The number of aromatic hydroxyl groups is 1. The van der Waals surface area contributed by atoms with Crippen molar-refractivity contribution in [3.8, 4) is 11.4 Å². The molecule has 1 N–H and O–H groups in total. The number of rotatable bonds is 4. The van der Waals surface area contributed by atoms with Gasteiger partial charge in [-0.2, -0.15) is 9.36 Å². The zero-order valence-electron chi connectivity index (χ0n) is 12.6. The van der Waals surface area contributed by atoms with Crippen LogP contribution in [-0.2, 0) is 6.54 Å². The van der Waals surface area contributed by atoms with Crippen LogP contribution in [0, 0.1) is 27.7 Å². The van der Waals surface area contributed by atoms with Crippen molar-refractivity contribution in [2.45, 2.75) is 40.7 Å². The number of nitrogens with zero attached hydrogens (tertiary/aromatic N) is 4. The minimum atomic E-state index is -0.512. The van der Waals surface area contributed by atoms with Crippen molar-refractivity contribution in [2.75, 3.05) is 6.67 Å². The predicted octanol–water partition coefficient (Wildman–Crippen LogP) is 1.73. The highest BCUT2D eigenvalue weighted by Crippen LogP contribution is 2.32. The van der Waals surface area contributed by atoms with Crippen LogP contribution >= 0.6 is 0 Å². The van der Waals surface area contributed by atoms with Gasteiger partial charge in [-0.15, -0.1) is 0 Å². The Morgan fingerprint density at radius 1 is 1.05 bits per heavy atom. The number of benzene rings is 1. The molecular weight excluding hydrogens is 275 g/mol. The van der Waals surface area contributed by atoms with Gasteiger partial charge in [-0.25, -0.2) is 4.79 Å². The number of alkyl halides is 1. The predicted molar refractivity (Wildman–Crippen MR) is 76.8 cm³/mol. The number of aromatic nitrogens is 4. The molecule has 1 heterocycles. The number of hydrogen-bond acceptors (Lipinski definition) is 4. The number of phenolic OH excluding ortho intramolecular Hbond substituents is 1. The molecule has 2 aromatic rings. The normalized spacial score (nSPS) is 11.1. The van der Waals surface area contributed by atoms with E-state index in [2.05, 4.69) is 10.4 Å². The highest BCUT2D eigenvalue weighted by atomic mass is 19.1. The Balaban J connectivity index is 2.63. The third kappa shape index (κ3) is 2.43. The smallest absolute Gasteiger partial charge is 0.368 e. The van der Waals surface area contributed by atoms with E-state index in [4.69, 9.17) is 0 Å². The fourth-order valence-corrected chi connectivity index (χ4v) is 2.39. The summed E-state index contributed by atoms with van der Waals surface area (Å²) in [5.41, 5.74) is 3.23. The number of halogens is 1. The molecule has 0 spiro atoms. The summed E-state index contributed by atoms with van der Waals surface area (Å²) in [6, 6.07) is 0. The summed E-state index contributed by atoms with van der Waals surface area (Å²) in [5.74, 6) is 0.151. The molecular formula is C14H19FN4O2. The van der Waals surface area contributed by atoms with Crippen LogP contribution in [0.15, 0.2) is 4.79 Å². The SMILES string of the molecule is Cc1c(C)c(O)c(C)c(-n2nnn(CCCF)c2=O)c1C. The van der Waals surface area contributed by atoms with Crippen LogP contribution < -0.4 is 5.69 Å². The Morgan fingerprint density at radius 3 is 2.33 bits per heavy atom. The van der Waals surface area contributed by atoms with E-state index in [0.29, 0.717) is 11.3 Å². The molecule has 0 bridgehead atoms. The molecule has 0 amide bonds. The van der Waals surface area contributed by atoms with Crippen LogP contribution in [0.5, 0.6) is 5.75 Å². The summed E-state index contributed by atoms with van der Waals surface area (Å²) in [6.45, 7) is 6.99. The Morgan fingerprint density at radius 2 is 1.71 bits per heavy atom. The molecule has 6 nitrogen and oxygen atoms in total. The van der Waals surface area contributed by atoms with Crippen molar-refractivity contribution in [2.24, 2.45) is 0 Å². The summed E-state index contributed by atoms with van der Waals surface area (Å²) in [5, 5.41) is 17.8. The monoisotopic (exact) mass is 294 g/mol. The van der Waals surface area contributed by atoms with Gasteiger partial charge < -0.3 is 5.11 Å². The van der Waals surface area contributed by atoms with Gasteiger partial charge in [0.2, 0.25) is 0 Å². The molecule has 0 saturated carbocycles. The first-order valence-electron chi connectivity index (χ1n) is 6.78. The summed E-state index contributed by atoms with van der Waals surface area (Å²) in [6.07, 6.45) is 0.217. The van der Waals surface area contributed by atoms with Gasteiger partial charge in [0.15, 0.2) is 0 Å². The van der Waals surface area contributed by atoms with Gasteiger partial charge >= 0.3 is 5.69 Å². The second kappa shape index (κ2) is 5.67. The van der Waals surface area contributed by atoms with Crippen LogP contribution in [0.1, 0.15) is 28.7 Å². The van der Waals surface area contributed by atoms with E-state index in [1.807, 2.05) is 20.8 Å². The van der Waals surface area contributed by atoms with Crippen molar-refractivity contribution < 1.29 is 9.50 Å². The maximum absolute atomic E-state index is 12.3. The third-order valence-electron chi connectivity index (χ3n) is 3.90. The third-order valence-corrected chi connectivity index (χ3v) is 3.90. The molecule has 0 saturated heterocycles. The Bertz CT molecular complexity index is 704. The maximum Gasteiger partial charge on any atom is 0.368 e. The van der Waals surface area contributed by atoms with Gasteiger partial charge in [-0.3, -0.25) is 4.39 Å². The van der Waals surface area contributed by atoms with Gasteiger partial charge in [0.1, 0.15) is 5.75 Å². The number of aryl methyl sites for hydroxylation is 1. The van der Waals surface area contributed by atoms with Crippen LogP contribution in [-0.4, -0.2) is 31.6 Å². The molecule has 0 aliphatic heterocycles. The molecule has 0 aliphatic carbocycles. The molecule has 0 atom stereocenters. The van der Waals surface area contributed by atoms with Crippen molar-refractivity contribution >= 4 is 0 Å². The summed E-state index contributed by atoms with van der Waals surface area (Å²) >= 11 is 0. The van der Waals surface area contributed by atoms with E-state index < -0.39 is 12.4 Å². The van der Waals surface area contributed by atoms with E-state index >= 15 is 0 Å². The molecule has 1 aromatic carbocycles. The Kier molecular flexibility index (Phi) is 4.11. The highest BCUT2D eigenvalue weighted by Gasteiger charge is 2.19. The summed E-state index contributed by atoms with van der Waals surface area (Å²) in [7, 11) is 0.